The molecule has 1 rings (SSSR count). The molecule has 3 nitrogen and oxygen atoms in total. The van der Waals surface area contributed by atoms with Gasteiger partial charge in [0.1, 0.15) is 0 Å². The van der Waals surface area contributed by atoms with Crippen molar-refractivity contribution in [2.45, 2.75) is 26.2 Å². The Morgan fingerprint density at radius 3 is 2.64 bits per heavy atom. The van der Waals surface area contributed by atoms with Crippen LogP contribution in [0.5, 0.6) is 0 Å². The third-order valence-electron chi connectivity index (χ3n) is 1.98. The van der Waals surface area contributed by atoms with Crippen LogP contribution in [0.25, 0.3) is 0 Å². The number of carbonyl (C=O) groups is 1. The summed E-state index contributed by atoms with van der Waals surface area (Å²) in [6.45, 7) is 4.53. The Balaban J connectivity index is 0.000000292. The second-order valence-corrected chi connectivity index (χ2v) is 2.73. The zero-order valence-corrected chi connectivity index (χ0v) is 7.05. The second-order valence-electron chi connectivity index (χ2n) is 2.73. The van der Waals surface area contributed by atoms with Gasteiger partial charge in [-0.2, -0.15) is 0 Å². The Morgan fingerprint density at radius 1 is 1.73 bits per heavy atom. The van der Waals surface area contributed by atoms with Gasteiger partial charge in [-0.25, -0.2) is 0 Å². The first kappa shape index (κ1) is 10.4. The molecule has 1 aliphatic rings. The Labute approximate surface area is 67.8 Å². The molecule has 0 amide bonds. The van der Waals surface area contributed by atoms with E-state index < -0.39 is 0 Å². The summed E-state index contributed by atoms with van der Waals surface area (Å²) in [5.74, 6) is 0.976. The third kappa shape index (κ3) is 5.85. The van der Waals surface area contributed by atoms with Gasteiger partial charge in [-0.05, 0) is 31.8 Å². The highest BCUT2D eigenvalue weighted by Crippen LogP contribution is 2.12. The number of carboxylic acid groups (broad SMARTS) is 1. The van der Waals surface area contributed by atoms with Crippen molar-refractivity contribution >= 4 is 6.47 Å². The van der Waals surface area contributed by atoms with Crippen molar-refractivity contribution in [1.82, 2.24) is 5.32 Å². The van der Waals surface area contributed by atoms with E-state index >= 15 is 0 Å². The number of hydrogen-bond acceptors (Lipinski definition) is 2. The highest BCUT2D eigenvalue weighted by Gasteiger charge is 2.08. The van der Waals surface area contributed by atoms with Crippen LogP contribution in [0, 0.1) is 5.92 Å². The molecule has 0 bridgehead atoms. The molecule has 1 aliphatic heterocycles. The molecule has 1 heterocycles. The molecule has 11 heavy (non-hydrogen) atoms. The van der Waals surface area contributed by atoms with Crippen molar-refractivity contribution < 1.29 is 9.90 Å². The molecule has 3 heteroatoms. The minimum absolute atomic E-state index is 0.250. The minimum Gasteiger partial charge on any atom is -0.483 e. The molecule has 1 saturated heterocycles. The van der Waals surface area contributed by atoms with Crippen molar-refractivity contribution in [2.75, 3.05) is 13.1 Å². The summed E-state index contributed by atoms with van der Waals surface area (Å²) in [6, 6.07) is 0. The first-order valence-corrected chi connectivity index (χ1v) is 4.13. The predicted octanol–water partition coefficient (Wildman–Crippen LogP) is 1.10. The van der Waals surface area contributed by atoms with Gasteiger partial charge in [-0.1, -0.05) is 13.3 Å². The molecule has 1 atom stereocenters. The largest absolute Gasteiger partial charge is 0.483 e. The van der Waals surface area contributed by atoms with Crippen molar-refractivity contribution in [1.29, 1.82) is 0 Å². The molecule has 0 radical (unpaired) electrons. The van der Waals surface area contributed by atoms with Gasteiger partial charge in [-0.15, -0.1) is 0 Å². The molecule has 0 aromatic heterocycles. The van der Waals surface area contributed by atoms with E-state index in [2.05, 4.69) is 12.2 Å². The van der Waals surface area contributed by atoms with E-state index in [4.69, 9.17) is 9.90 Å². The molecular weight excluding hydrogens is 142 g/mol. The van der Waals surface area contributed by atoms with Gasteiger partial charge in [0.25, 0.3) is 6.47 Å². The van der Waals surface area contributed by atoms with E-state index in [0.29, 0.717) is 0 Å². The van der Waals surface area contributed by atoms with E-state index in [1.54, 1.807) is 0 Å². The van der Waals surface area contributed by atoms with E-state index in [9.17, 15) is 0 Å². The van der Waals surface area contributed by atoms with Crippen LogP contribution in [-0.4, -0.2) is 24.7 Å². The number of nitrogens with one attached hydrogen (secondary N) is 1. The van der Waals surface area contributed by atoms with Crippen molar-refractivity contribution in [3.05, 3.63) is 0 Å². The maximum absolute atomic E-state index is 8.36. The standard InChI is InChI=1S/C7H15N.CH2O2/c1-2-7-4-3-5-8-6-7;2-1-3/h7-8H,2-6H2,1H3;1H,(H,2,3)/t7-;/m1./s1. The average Bonchev–Trinajstić information content (AvgIpc) is 2.08. The molecule has 0 aromatic rings. The SMILES string of the molecule is CC[C@@H]1CCCNC1.O=CO. The lowest BCUT2D eigenvalue weighted by Crippen LogP contribution is -2.29. The fourth-order valence-electron chi connectivity index (χ4n) is 1.27. The monoisotopic (exact) mass is 159 g/mol. The zero-order valence-electron chi connectivity index (χ0n) is 7.05. The van der Waals surface area contributed by atoms with Crippen LogP contribution in [0.1, 0.15) is 26.2 Å². The number of rotatable bonds is 1. The topological polar surface area (TPSA) is 49.3 Å². The van der Waals surface area contributed by atoms with E-state index in [1.807, 2.05) is 0 Å². The van der Waals surface area contributed by atoms with Gasteiger partial charge in [-0.3, -0.25) is 4.79 Å². The van der Waals surface area contributed by atoms with Crippen molar-refractivity contribution in [3.8, 4) is 0 Å². The maximum atomic E-state index is 8.36. The summed E-state index contributed by atoms with van der Waals surface area (Å²) >= 11 is 0. The van der Waals surface area contributed by atoms with Gasteiger partial charge in [0.15, 0.2) is 0 Å². The summed E-state index contributed by atoms with van der Waals surface area (Å²) in [5.41, 5.74) is 0. The molecule has 66 valence electrons. The van der Waals surface area contributed by atoms with Gasteiger partial charge in [0, 0.05) is 0 Å². The quantitative estimate of drug-likeness (QED) is 0.563. The van der Waals surface area contributed by atoms with Crippen LogP contribution in [0.4, 0.5) is 0 Å². The van der Waals surface area contributed by atoms with Crippen LogP contribution in [-0.2, 0) is 4.79 Å². The zero-order chi connectivity index (χ0) is 8.53. The molecule has 1 fully saturated rings. The van der Waals surface area contributed by atoms with Gasteiger partial charge < -0.3 is 10.4 Å². The first-order chi connectivity index (χ1) is 5.35. The van der Waals surface area contributed by atoms with Gasteiger partial charge >= 0.3 is 0 Å². The molecular formula is C8H17NO2. The molecule has 0 aromatic carbocycles. The predicted molar refractivity (Wildman–Crippen MR) is 44.6 cm³/mol. The van der Waals surface area contributed by atoms with E-state index in [0.717, 1.165) is 5.92 Å². The third-order valence-corrected chi connectivity index (χ3v) is 1.98. The summed E-state index contributed by atoms with van der Waals surface area (Å²) in [4.78, 5) is 8.36. The smallest absolute Gasteiger partial charge is 0.290 e. The second kappa shape index (κ2) is 7.54. The Kier molecular flexibility index (Phi) is 7.15. The van der Waals surface area contributed by atoms with Crippen molar-refractivity contribution in [3.63, 3.8) is 0 Å². The van der Waals surface area contributed by atoms with Crippen LogP contribution in [0.15, 0.2) is 0 Å². The van der Waals surface area contributed by atoms with Crippen LogP contribution in [0.2, 0.25) is 0 Å². The lowest BCUT2D eigenvalue weighted by atomic mass is 9.97. The maximum Gasteiger partial charge on any atom is 0.290 e. The molecule has 0 spiro atoms. The summed E-state index contributed by atoms with van der Waals surface area (Å²) in [5, 5.41) is 10.3. The number of piperidine rings is 1. The normalized spacial score (nSPS) is 23.2. The molecule has 0 aliphatic carbocycles. The lowest BCUT2D eigenvalue weighted by Gasteiger charge is -2.20. The van der Waals surface area contributed by atoms with Crippen LogP contribution >= 0.6 is 0 Å². The van der Waals surface area contributed by atoms with E-state index in [1.165, 1.54) is 32.4 Å². The fourth-order valence-corrected chi connectivity index (χ4v) is 1.27. The Bertz CT molecular complexity index is 90.1. The lowest BCUT2D eigenvalue weighted by molar-refractivity contribution is -0.122. The summed E-state index contributed by atoms with van der Waals surface area (Å²) in [6.07, 6.45) is 4.19. The fraction of sp³-hybridized carbons (Fsp3) is 0.875. The van der Waals surface area contributed by atoms with Crippen LogP contribution < -0.4 is 5.32 Å². The number of hydrogen-bond donors (Lipinski definition) is 2. The molecule has 0 unspecified atom stereocenters. The highest BCUT2D eigenvalue weighted by atomic mass is 16.3. The average molecular weight is 159 g/mol. The Hall–Kier alpha value is -0.570. The van der Waals surface area contributed by atoms with Gasteiger partial charge in [0.05, 0.1) is 0 Å². The molecule has 0 saturated carbocycles. The van der Waals surface area contributed by atoms with Crippen LogP contribution in [0.3, 0.4) is 0 Å². The summed E-state index contributed by atoms with van der Waals surface area (Å²) in [7, 11) is 0. The first-order valence-electron chi connectivity index (χ1n) is 4.13. The van der Waals surface area contributed by atoms with Crippen molar-refractivity contribution in [2.24, 2.45) is 5.92 Å². The highest BCUT2D eigenvalue weighted by molar-refractivity contribution is 5.32. The minimum atomic E-state index is -0.250. The Morgan fingerprint density at radius 2 is 2.36 bits per heavy atom. The molecule has 2 N–H and O–H groups in total. The van der Waals surface area contributed by atoms with E-state index in [-0.39, 0.29) is 6.47 Å². The summed E-state index contributed by atoms with van der Waals surface area (Å²) < 4.78 is 0. The van der Waals surface area contributed by atoms with Gasteiger partial charge in [0.2, 0.25) is 0 Å².